The van der Waals surface area contributed by atoms with E-state index in [-0.39, 0.29) is 23.1 Å². The number of aryl methyl sites for hydroxylation is 3. The summed E-state index contributed by atoms with van der Waals surface area (Å²) in [6.45, 7) is 3.42. The molecule has 8 nitrogen and oxygen atoms in total. The number of nitrogens with zero attached hydrogens (tertiary/aromatic N) is 4. The first-order chi connectivity index (χ1) is 10.8. The molecule has 124 valence electrons. The number of amides is 1. The number of carbonyl (C=O) groups excluding carboxylic acids is 1. The third kappa shape index (κ3) is 3.41. The van der Waals surface area contributed by atoms with Crippen LogP contribution in [0.1, 0.15) is 35.3 Å². The van der Waals surface area contributed by atoms with E-state index < -0.39 is 10.8 Å². The molecule has 0 aliphatic carbocycles. The highest BCUT2D eigenvalue weighted by atomic mass is 16.6. The lowest BCUT2D eigenvalue weighted by Gasteiger charge is -2.24. The van der Waals surface area contributed by atoms with Gasteiger partial charge in [-0.15, -0.1) is 0 Å². The van der Waals surface area contributed by atoms with Crippen LogP contribution in [0.2, 0.25) is 0 Å². The summed E-state index contributed by atoms with van der Waals surface area (Å²) in [6, 6.07) is 3.60. The lowest BCUT2D eigenvalue weighted by atomic mass is 10.1. The molecule has 1 amide bonds. The van der Waals surface area contributed by atoms with Crippen LogP contribution < -0.4 is 0 Å². The van der Waals surface area contributed by atoms with E-state index >= 15 is 0 Å². The van der Waals surface area contributed by atoms with Crippen molar-refractivity contribution in [3.05, 3.63) is 45.7 Å². The molecule has 0 fully saturated rings. The summed E-state index contributed by atoms with van der Waals surface area (Å²) in [5.41, 5.74) is -0.0000724. The Morgan fingerprint density at radius 1 is 1.57 bits per heavy atom. The van der Waals surface area contributed by atoms with Crippen molar-refractivity contribution in [1.82, 2.24) is 14.7 Å². The number of hydrogen-bond donors (Lipinski definition) is 0. The van der Waals surface area contributed by atoms with E-state index in [1.165, 1.54) is 23.6 Å². The molecule has 1 unspecified atom stereocenters. The maximum absolute atomic E-state index is 12.6. The van der Waals surface area contributed by atoms with Gasteiger partial charge in [-0.05, 0) is 32.4 Å². The fourth-order valence-electron chi connectivity index (χ4n) is 2.47. The van der Waals surface area contributed by atoms with Gasteiger partial charge in [-0.1, -0.05) is 0 Å². The number of carbonyl (C=O) groups is 1. The Hall–Kier alpha value is -2.64. The van der Waals surface area contributed by atoms with Crippen LogP contribution in [-0.2, 0) is 13.5 Å². The zero-order chi connectivity index (χ0) is 17.1. The average Bonchev–Trinajstić information content (AvgIpc) is 3.10. The molecule has 23 heavy (non-hydrogen) atoms. The van der Waals surface area contributed by atoms with E-state index in [0.717, 1.165) is 5.76 Å². The van der Waals surface area contributed by atoms with Crippen LogP contribution in [0.5, 0.6) is 0 Å². The molecule has 0 spiro atoms. The van der Waals surface area contributed by atoms with E-state index in [2.05, 4.69) is 5.10 Å². The molecule has 0 N–H and O–H groups in total. The van der Waals surface area contributed by atoms with Gasteiger partial charge in [0.05, 0.1) is 11.2 Å². The average molecular weight is 320 g/mol. The van der Waals surface area contributed by atoms with Gasteiger partial charge >= 0.3 is 5.69 Å². The Morgan fingerprint density at radius 3 is 2.83 bits per heavy atom. The number of hydrogen-bond acceptors (Lipinski definition) is 5. The van der Waals surface area contributed by atoms with E-state index in [1.54, 1.807) is 13.3 Å². The highest BCUT2D eigenvalue weighted by Gasteiger charge is 2.32. The smallest absolute Gasteiger partial charge is 0.322 e. The maximum Gasteiger partial charge on any atom is 0.322 e. The second-order valence-corrected chi connectivity index (χ2v) is 5.55. The van der Waals surface area contributed by atoms with E-state index in [0.29, 0.717) is 12.8 Å². The second kappa shape index (κ2) is 6.64. The van der Waals surface area contributed by atoms with Crippen molar-refractivity contribution in [1.29, 1.82) is 0 Å². The summed E-state index contributed by atoms with van der Waals surface area (Å²) in [4.78, 5) is 24.8. The highest BCUT2D eigenvalue weighted by Crippen LogP contribution is 2.24. The van der Waals surface area contributed by atoms with Crippen molar-refractivity contribution in [2.75, 3.05) is 7.05 Å². The van der Waals surface area contributed by atoms with Crippen molar-refractivity contribution in [3.8, 4) is 0 Å². The van der Waals surface area contributed by atoms with Gasteiger partial charge in [-0.3, -0.25) is 19.6 Å². The normalized spacial score (nSPS) is 12.2. The molecular weight excluding hydrogens is 300 g/mol. The SMILES string of the molecule is Cc1nn(C)c(C(=O)N(C)C(C)CCc2ccco2)c1[N+](=O)[O-]. The number of aromatic nitrogens is 2. The van der Waals surface area contributed by atoms with Crippen LogP contribution in [0.4, 0.5) is 5.69 Å². The molecule has 0 saturated carbocycles. The summed E-state index contributed by atoms with van der Waals surface area (Å²) >= 11 is 0. The highest BCUT2D eigenvalue weighted by molar-refractivity contribution is 5.96. The minimum Gasteiger partial charge on any atom is -0.469 e. The van der Waals surface area contributed by atoms with Crippen molar-refractivity contribution in [2.24, 2.45) is 7.05 Å². The van der Waals surface area contributed by atoms with E-state index in [4.69, 9.17) is 4.42 Å². The minimum atomic E-state index is -0.559. The van der Waals surface area contributed by atoms with Crippen LogP contribution in [0.15, 0.2) is 22.8 Å². The van der Waals surface area contributed by atoms with Gasteiger partial charge in [0.2, 0.25) is 5.69 Å². The Balaban J connectivity index is 2.14. The fraction of sp³-hybridized carbons (Fsp3) is 0.467. The van der Waals surface area contributed by atoms with E-state index in [9.17, 15) is 14.9 Å². The third-order valence-corrected chi connectivity index (χ3v) is 3.95. The second-order valence-electron chi connectivity index (χ2n) is 5.55. The molecule has 0 aliphatic rings. The number of nitro groups is 1. The van der Waals surface area contributed by atoms with Gasteiger partial charge in [0.25, 0.3) is 5.91 Å². The Labute approximate surface area is 133 Å². The predicted octanol–water partition coefficient (Wildman–Crippen LogP) is 2.32. The molecule has 2 heterocycles. The molecule has 2 rings (SSSR count). The Morgan fingerprint density at radius 2 is 2.26 bits per heavy atom. The standard InChI is InChI=1S/C15H20N4O4/c1-10(7-8-12-6-5-9-23-12)17(3)15(20)14-13(19(21)22)11(2)16-18(14)4/h5-6,9-10H,7-8H2,1-4H3. The summed E-state index contributed by atoms with van der Waals surface area (Å²) in [7, 11) is 3.18. The van der Waals surface area contributed by atoms with Crippen LogP contribution in [0.3, 0.4) is 0 Å². The van der Waals surface area contributed by atoms with Crippen molar-refractivity contribution in [3.63, 3.8) is 0 Å². The topological polar surface area (TPSA) is 94.4 Å². The van der Waals surface area contributed by atoms with E-state index in [1.807, 2.05) is 19.1 Å². The Bertz CT molecular complexity index is 705. The molecule has 1 atom stereocenters. The summed E-state index contributed by atoms with van der Waals surface area (Å²) in [5, 5.41) is 15.2. The minimum absolute atomic E-state index is 0.000140. The summed E-state index contributed by atoms with van der Waals surface area (Å²) < 4.78 is 6.54. The largest absolute Gasteiger partial charge is 0.469 e. The zero-order valence-electron chi connectivity index (χ0n) is 13.6. The lowest BCUT2D eigenvalue weighted by Crippen LogP contribution is -2.36. The molecular formula is C15H20N4O4. The molecule has 2 aromatic rings. The fourth-order valence-corrected chi connectivity index (χ4v) is 2.47. The molecule has 2 aromatic heterocycles. The number of rotatable bonds is 6. The Kier molecular flexibility index (Phi) is 4.83. The predicted molar refractivity (Wildman–Crippen MR) is 83.2 cm³/mol. The maximum atomic E-state index is 12.6. The van der Waals surface area contributed by atoms with Crippen LogP contribution in [-0.4, -0.2) is 38.6 Å². The molecule has 8 heteroatoms. The van der Waals surface area contributed by atoms with Gasteiger partial charge in [-0.2, -0.15) is 5.10 Å². The van der Waals surface area contributed by atoms with Gasteiger partial charge in [0.1, 0.15) is 11.5 Å². The molecule has 0 bridgehead atoms. The first-order valence-corrected chi connectivity index (χ1v) is 7.30. The molecule has 0 radical (unpaired) electrons. The molecule has 0 aromatic carbocycles. The number of furan rings is 1. The quantitative estimate of drug-likeness (QED) is 0.601. The monoisotopic (exact) mass is 320 g/mol. The van der Waals surface area contributed by atoms with Crippen molar-refractivity contribution < 1.29 is 14.1 Å². The third-order valence-electron chi connectivity index (χ3n) is 3.95. The van der Waals surface area contributed by atoms with Crippen molar-refractivity contribution in [2.45, 2.75) is 32.7 Å². The van der Waals surface area contributed by atoms with Crippen LogP contribution in [0.25, 0.3) is 0 Å². The molecule has 0 saturated heterocycles. The summed E-state index contributed by atoms with van der Waals surface area (Å²) in [6.07, 6.45) is 3.00. The van der Waals surface area contributed by atoms with Crippen LogP contribution >= 0.6 is 0 Å². The van der Waals surface area contributed by atoms with Gasteiger partial charge in [0, 0.05) is 26.6 Å². The van der Waals surface area contributed by atoms with Crippen molar-refractivity contribution >= 4 is 11.6 Å². The summed E-state index contributed by atoms with van der Waals surface area (Å²) in [5.74, 6) is 0.437. The zero-order valence-corrected chi connectivity index (χ0v) is 13.6. The lowest BCUT2D eigenvalue weighted by molar-refractivity contribution is -0.385. The first kappa shape index (κ1) is 16.7. The molecule has 0 aliphatic heterocycles. The van der Waals surface area contributed by atoms with Gasteiger partial charge < -0.3 is 9.32 Å². The van der Waals surface area contributed by atoms with Gasteiger partial charge in [-0.25, -0.2) is 0 Å². The van der Waals surface area contributed by atoms with Gasteiger partial charge in [0.15, 0.2) is 0 Å². The first-order valence-electron chi connectivity index (χ1n) is 7.30. The van der Waals surface area contributed by atoms with Crippen LogP contribution in [0, 0.1) is 17.0 Å².